The van der Waals surface area contributed by atoms with Gasteiger partial charge in [0, 0.05) is 36.5 Å². The molecular weight excluding hydrogens is 342 g/mol. The molecule has 6 nitrogen and oxygen atoms in total. The summed E-state index contributed by atoms with van der Waals surface area (Å²) in [6, 6.07) is 7.14. The lowest BCUT2D eigenvalue weighted by Gasteiger charge is -2.37. The highest BCUT2D eigenvalue weighted by Crippen LogP contribution is 2.48. The van der Waals surface area contributed by atoms with Gasteiger partial charge in [-0.25, -0.2) is 0 Å². The summed E-state index contributed by atoms with van der Waals surface area (Å²) in [4.78, 5) is 31.8. The number of amides is 2. The lowest BCUT2D eigenvalue weighted by Crippen LogP contribution is -2.42. The van der Waals surface area contributed by atoms with Crippen molar-refractivity contribution in [3.05, 3.63) is 54.2 Å². The fraction of sp³-hybridized carbons (Fsp3) is 0.476. The van der Waals surface area contributed by atoms with Crippen LogP contribution in [-0.2, 0) is 11.3 Å². The maximum atomic E-state index is 13.0. The highest BCUT2D eigenvalue weighted by Gasteiger charge is 2.51. The lowest BCUT2D eigenvalue weighted by atomic mass is 9.67. The molecule has 0 bridgehead atoms. The predicted octanol–water partition coefficient (Wildman–Crippen LogP) is 3.01. The van der Waals surface area contributed by atoms with Crippen LogP contribution in [0.5, 0.6) is 0 Å². The smallest absolute Gasteiger partial charge is 0.254 e. The van der Waals surface area contributed by atoms with Crippen LogP contribution in [0.25, 0.3) is 0 Å². The van der Waals surface area contributed by atoms with Gasteiger partial charge in [0.2, 0.25) is 5.91 Å². The minimum atomic E-state index is -0.168. The first-order valence-corrected chi connectivity index (χ1v) is 9.67. The molecule has 1 unspecified atom stereocenters. The number of carbonyl (C=O) groups excluding carboxylic acids is 2. The average Bonchev–Trinajstić information content (AvgIpc) is 3.35. The van der Waals surface area contributed by atoms with Crippen LogP contribution in [0.4, 0.5) is 0 Å². The van der Waals surface area contributed by atoms with Crippen LogP contribution in [0.15, 0.2) is 47.3 Å². The van der Waals surface area contributed by atoms with E-state index in [-0.39, 0.29) is 23.1 Å². The van der Waals surface area contributed by atoms with E-state index in [2.05, 4.69) is 10.3 Å². The second-order valence-electron chi connectivity index (χ2n) is 7.69. The summed E-state index contributed by atoms with van der Waals surface area (Å²) in [7, 11) is 0. The Morgan fingerprint density at radius 3 is 2.67 bits per heavy atom. The Balaban J connectivity index is 1.51. The number of aromatic nitrogens is 1. The SMILES string of the molecule is O=C(NCc1ccco1)C1CN(C(=O)c2ccncc2)CC12CCCCC2. The van der Waals surface area contributed by atoms with Gasteiger partial charge in [-0.15, -0.1) is 0 Å². The molecule has 6 heteroatoms. The van der Waals surface area contributed by atoms with Gasteiger partial charge >= 0.3 is 0 Å². The highest BCUT2D eigenvalue weighted by atomic mass is 16.3. The second-order valence-corrected chi connectivity index (χ2v) is 7.69. The number of rotatable bonds is 4. The normalized spacial score (nSPS) is 21.3. The van der Waals surface area contributed by atoms with Crippen LogP contribution < -0.4 is 5.32 Å². The summed E-state index contributed by atoms with van der Waals surface area (Å²) in [6.07, 6.45) is 10.3. The van der Waals surface area contributed by atoms with Crippen molar-refractivity contribution in [3.63, 3.8) is 0 Å². The van der Waals surface area contributed by atoms with Gasteiger partial charge in [-0.3, -0.25) is 14.6 Å². The molecule has 2 amide bonds. The van der Waals surface area contributed by atoms with Crippen molar-refractivity contribution in [2.75, 3.05) is 13.1 Å². The van der Waals surface area contributed by atoms with Crippen molar-refractivity contribution >= 4 is 11.8 Å². The number of likely N-dealkylation sites (tertiary alicyclic amines) is 1. The number of hydrogen-bond donors (Lipinski definition) is 1. The largest absolute Gasteiger partial charge is 0.467 e. The van der Waals surface area contributed by atoms with Crippen molar-refractivity contribution in [2.24, 2.45) is 11.3 Å². The van der Waals surface area contributed by atoms with Crippen molar-refractivity contribution in [3.8, 4) is 0 Å². The zero-order valence-electron chi connectivity index (χ0n) is 15.4. The van der Waals surface area contributed by atoms with Crippen molar-refractivity contribution < 1.29 is 14.0 Å². The molecule has 2 fully saturated rings. The minimum Gasteiger partial charge on any atom is -0.467 e. The van der Waals surface area contributed by atoms with E-state index in [1.807, 2.05) is 17.0 Å². The molecule has 27 heavy (non-hydrogen) atoms. The molecule has 1 aliphatic carbocycles. The maximum Gasteiger partial charge on any atom is 0.254 e. The predicted molar refractivity (Wildman–Crippen MR) is 99.7 cm³/mol. The summed E-state index contributed by atoms with van der Waals surface area (Å²) in [5.41, 5.74) is 0.529. The van der Waals surface area contributed by atoms with Gasteiger partial charge in [0.05, 0.1) is 18.7 Å². The van der Waals surface area contributed by atoms with Crippen molar-refractivity contribution in [1.82, 2.24) is 15.2 Å². The Kier molecular flexibility index (Phi) is 4.97. The van der Waals surface area contributed by atoms with Gasteiger partial charge in [-0.05, 0) is 37.1 Å². The summed E-state index contributed by atoms with van der Waals surface area (Å²) in [5.74, 6) is 0.587. The molecule has 1 N–H and O–H groups in total. The van der Waals surface area contributed by atoms with E-state index in [4.69, 9.17) is 4.42 Å². The highest BCUT2D eigenvalue weighted by molar-refractivity contribution is 5.95. The van der Waals surface area contributed by atoms with E-state index >= 15 is 0 Å². The van der Waals surface area contributed by atoms with Crippen molar-refractivity contribution in [1.29, 1.82) is 0 Å². The fourth-order valence-electron chi connectivity index (χ4n) is 4.63. The molecule has 1 saturated heterocycles. The molecule has 1 spiro atoms. The van der Waals surface area contributed by atoms with E-state index in [0.29, 0.717) is 25.2 Å². The second kappa shape index (κ2) is 7.55. The van der Waals surface area contributed by atoms with Gasteiger partial charge < -0.3 is 14.6 Å². The molecule has 2 aromatic heterocycles. The Bertz CT molecular complexity index is 782. The number of nitrogens with zero attached hydrogens (tertiary/aromatic N) is 2. The van der Waals surface area contributed by atoms with E-state index in [0.717, 1.165) is 31.4 Å². The first-order chi connectivity index (χ1) is 13.2. The summed E-state index contributed by atoms with van der Waals surface area (Å²) in [6.45, 7) is 1.52. The summed E-state index contributed by atoms with van der Waals surface area (Å²) < 4.78 is 5.32. The Hall–Kier alpha value is -2.63. The quantitative estimate of drug-likeness (QED) is 0.901. The Labute approximate surface area is 159 Å². The number of nitrogens with one attached hydrogen (secondary N) is 1. The van der Waals surface area contributed by atoms with Crippen LogP contribution in [0.3, 0.4) is 0 Å². The molecule has 3 heterocycles. The molecule has 4 rings (SSSR count). The van der Waals surface area contributed by atoms with Gasteiger partial charge in [0.15, 0.2) is 0 Å². The molecule has 1 saturated carbocycles. The fourth-order valence-corrected chi connectivity index (χ4v) is 4.63. The Morgan fingerprint density at radius 2 is 1.96 bits per heavy atom. The van der Waals surface area contributed by atoms with E-state index in [1.54, 1.807) is 30.8 Å². The molecule has 2 aromatic rings. The van der Waals surface area contributed by atoms with E-state index < -0.39 is 0 Å². The summed E-state index contributed by atoms with van der Waals surface area (Å²) in [5, 5.41) is 3.02. The molecule has 1 atom stereocenters. The number of hydrogen-bond acceptors (Lipinski definition) is 4. The molecule has 0 radical (unpaired) electrons. The van der Waals surface area contributed by atoms with Crippen LogP contribution >= 0.6 is 0 Å². The molecular formula is C21H25N3O3. The molecule has 142 valence electrons. The number of carbonyl (C=O) groups is 2. The van der Waals surface area contributed by atoms with E-state index in [9.17, 15) is 9.59 Å². The average molecular weight is 367 g/mol. The standard InChI is InChI=1S/C21H25N3O3/c25-19(23-13-17-5-4-12-27-17)18-14-24(15-21(18)8-2-1-3-9-21)20(26)16-6-10-22-11-7-16/h4-7,10-12,18H,1-3,8-9,13-15H2,(H,23,25). The van der Waals surface area contributed by atoms with Gasteiger partial charge in [-0.2, -0.15) is 0 Å². The van der Waals surface area contributed by atoms with Gasteiger partial charge in [-0.1, -0.05) is 19.3 Å². The summed E-state index contributed by atoms with van der Waals surface area (Å²) >= 11 is 0. The van der Waals surface area contributed by atoms with Gasteiger partial charge in [0.1, 0.15) is 5.76 Å². The number of pyridine rings is 1. The number of furan rings is 1. The monoisotopic (exact) mass is 367 g/mol. The topological polar surface area (TPSA) is 75.4 Å². The molecule has 1 aliphatic heterocycles. The Morgan fingerprint density at radius 1 is 1.19 bits per heavy atom. The third-order valence-electron chi connectivity index (χ3n) is 6.05. The van der Waals surface area contributed by atoms with Crippen LogP contribution in [-0.4, -0.2) is 34.8 Å². The third-order valence-corrected chi connectivity index (χ3v) is 6.05. The maximum absolute atomic E-state index is 13.0. The minimum absolute atomic E-state index is 0.0105. The van der Waals surface area contributed by atoms with E-state index in [1.165, 1.54) is 6.42 Å². The zero-order chi connectivity index (χ0) is 18.7. The third kappa shape index (κ3) is 3.61. The lowest BCUT2D eigenvalue weighted by molar-refractivity contribution is -0.128. The first-order valence-electron chi connectivity index (χ1n) is 9.67. The van der Waals surface area contributed by atoms with Crippen molar-refractivity contribution in [2.45, 2.75) is 38.6 Å². The zero-order valence-corrected chi connectivity index (χ0v) is 15.4. The van der Waals surface area contributed by atoms with Crippen LogP contribution in [0.2, 0.25) is 0 Å². The van der Waals surface area contributed by atoms with Gasteiger partial charge in [0.25, 0.3) is 5.91 Å². The van der Waals surface area contributed by atoms with Crippen LogP contribution in [0.1, 0.15) is 48.2 Å². The van der Waals surface area contributed by atoms with Crippen LogP contribution in [0, 0.1) is 11.3 Å². The first kappa shape index (κ1) is 17.8. The molecule has 0 aromatic carbocycles. The molecule has 2 aliphatic rings.